The fourth-order valence-corrected chi connectivity index (χ4v) is 2.77. The van der Waals surface area contributed by atoms with Crippen molar-refractivity contribution in [3.8, 4) is 0 Å². The van der Waals surface area contributed by atoms with Gasteiger partial charge in [0.2, 0.25) is 23.6 Å². The highest BCUT2D eigenvalue weighted by Gasteiger charge is 2.33. The Morgan fingerprint density at radius 1 is 0.848 bits per heavy atom. The molecule has 0 radical (unpaired) electrons. The third-order valence-electron chi connectivity index (χ3n) is 5.11. The highest BCUT2D eigenvalue weighted by molar-refractivity contribution is 5.96. The van der Waals surface area contributed by atoms with E-state index in [2.05, 4.69) is 16.0 Å². The van der Waals surface area contributed by atoms with Crippen LogP contribution in [0.25, 0.3) is 0 Å². The fourth-order valence-electron chi connectivity index (χ4n) is 2.77. The molecular weight excluding hydrogens is 438 g/mol. The summed E-state index contributed by atoms with van der Waals surface area (Å²) in [5.74, 6) is -6.68. The lowest BCUT2D eigenvalue weighted by molar-refractivity contribution is -0.144. The molecule has 0 aromatic rings. The summed E-state index contributed by atoms with van der Waals surface area (Å²) in [6.07, 6.45) is -0.792. The van der Waals surface area contributed by atoms with E-state index in [1.807, 2.05) is 6.92 Å². The Labute approximate surface area is 192 Å². The molecule has 0 saturated heterocycles. The van der Waals surface area contributed by atoms with Crippen molar-refractivity contribution in [3.05, 3.63) is 0 Å². The number of carboxylic acids is 2. The largest absolute Gasteiger partial charge is 0.481 e. The SMILES string of the molecule is CCC(C)C(N)C(=O)NC(CC(N)=O)C(=O)NC(C(=O)NC(CCC(=O)O)C(=O)O)C(C)C. The Bertz CT molecular complexity index is 742. The molecule has 0 bridgehead atoms. The van der Waals surface area contributed by atoms with Gasteiger partial charge in [-0.15, -0.1) is 0 Å². The lowest BCUT2D eigenvalue weighted by atomic mass is 9.98. The van der Waals surface area contributed by atoms with Crippen LogP contribution in [0.3, 0.4) is 0 Å². The molecule has 188 valence electrons. The van der Waals surface area contributed by atoms with Gasteiger partial charge in [-0.1, -0.05) is 34.1 Å². The van der Waals surface area contributed by atoms with Gasteiger partial charge in [-0.05, 0) is 18.3 Å². The molecule has 33 heavy (non-hydrogen) atoms. The third-order valence-corrected chi connectivity index (χ3v) is 5.11. The van der Waals surface area contributed by atoms with E-state index in [-0.39, 0.29) is 12.3 Å². The number of carboxylic acid groups (broad SMARTS) is 2. The normalized spacial score (nSPS) is 15.5. The Hall–Kier alpha value is -3.22. The first-order valence-corrected chi connectivity index (χ1v) is 10.6. The standard InChI is InChI=1S/C20H35N5O8/c1-5-10(4)15(22)18(30)24-12(8-13(21)26)17(29)25-16(9(2)3)19(31)23-11(20(32)33)6-7-14(27)28/h9-12,15-16H,5-8,22H2,1-4H3,(H2,21,26)(H,23,31)(H,24,30)(H,25,29)(H,27,28)(H,32,33). The quantitative estimate of drug-likeness (QED) is 0.143. The molecule has 0 aromatic carbocycles. The summed E-state index contributed by atoms with van der Waals surface area (Å²) in [5, 5.41) is 24.9. The monoisotopic (exact) mass is 473 g/mol. The highest BCUT2D eigenvalue weighted by atomic mass is 16.4. The van der Waals surface area contributed by atoms with Crippen LogP contribution in [0.15, 0.2) is 0 Å². The molecule has 5 atom stereocenters. The van der Waals surface area contributed by atoms with Gasteiger partial charge in [0.25, 0.3) is 0 Å². The van der Waals surface area contributed by atoms with E-state index in [9.17, 15) is 33.9 Å². The molecule has 0 aromatic heterocycles. The van der Waals surface area contributed by atoms with Gasteiger partial charge < -0.3 is 37.6 Å². The van der Waals surface area contributed by atoms with Gasteiger partial charge in [0.15, 0.2) is 0 Å². The van der Waals surface area contributed by atoms with Gasteiger partial charge in [-0.2, -0.15) is 0 Å². The zero-order chi connectivity index (χ0) is 25.9. The van der Waals surface area contributed by atoms with Gasteiger partial charge >= 0.3 is 11.9 Å². The number of hydrogen-bond acceptors (Lipinski definition) is 7. The lowest BCUT2D eigenvalue weighted by Gasteiger charge is -2.27. The van der Waals surface area contributed by atoms with Crippen molar-refractivity contribution >= 4 is 35.6 Å². The zero-order valence-electron chi connectivity index (χ0n) is 19.3. The Balaban J connectivity index is 5.48. The highest BCUT2D eigenvalue weighted by Crippen LogP contribution is 2.08. The van der Waals surface area contributed by atoms with Crippen LogP contribution < -0.4 is 27.4 Å². The van der Waals surface area contributed by atoms with Crippen LogP contribution in [0, 0.1) is 11.8 Å². The molecule has 0 heterocycles. The smallest absolute Gasteiger partial charge is 0.326 e. The molecule has 0 aliphatic heterocycles. The molecule has 9 N–H and O–H groups in total. The van der Waals surface area contributed by atoms with E-state index in [4.69, 9.17) is 16.6 Å². The molecular formula is C20H35N5O8. The molecule has 13 heteroatoms. The third kappa shape index (κ3) is 10.8. The first kappa shape index (κ1) is 29.8. The van der Waals surface area contributed by atoms with Crippen molar-refractivity contribution in [2.45, 2.75) is 77.5 Å². The fraction of sp³-hybridized carbons (Fsp3) is 0.700. The van der Waals surface area contributed by atoms with Crippen molar-refractivity contribution in [3.63, 3.8) is 0 Å². The first-order chi connectivity index (χ1) is 15.2. The number of nitrogens with one attached hydrogen (secondary N) is 3. The summed E-state index contributed by atoms with van der Waals surface area (Å²) >= 11 is 0. The van der Waals surface area contributed by atoms with Crippen LogP contribution in [0.2, 0.25) is 0 Å². The van der Waals surface area contributed by atoms with E-state index in [1.54, 1.807) is 20.8 Å². The molecule has 0 aliphatic rings. The average molecular weight is 474 g/mol. The number of rotatable bonds is 15. The lowest BCUT2D eigenvalue weighted by Crippen LogP contribution is -2.59. The predicted octanol–water partition coefficient (Wildman–Crippen LogP) is -1.70. The Morgan fingerprint density at radius 2 is 1.39 bits per heavy atom. The Morgan fingerprint density at radius 3 is 1.82 bits per heavy atom. The van der Waals surface area contributed by atoms with Gasteiger partial charge in [0, 0.05) is 6.42 Å². The second-order valence-electron chi connectivity index (χ2n) is 8.21. The van der Waals surface area contributed by atoms with E-state index >= 15 is 0 Å². The van der Waals surface area contributed by atoms with E-state index in [1.165, 1.54) is 0 Å². The molecule has 0 fully saturated rings. The molecule has 13 nitrogen and oxygen atoms in total. The van der Waals surface area contributed by atoms with Gasteiger partial charge in [-0.3, -0.25) is 24.0 Å². The average Bonchev–Trinajstić information content (AvgIpc) is 2.71. The number of hydrogen-bond donors (Lipinski definition) is 7. The van der Waals surface area contributed by atoms with Crippen molar-refractivity contribution in [2.75, 3.05) is 0 Å². The van der Waals surface area contributed by atoms with E-state index < -0.39 is 78.5 Å². The molecule has 0 rings (SSSR count). The second kappa shape index (κ2) is 14.0. The predicted molar refractivity (Wildman–Crippen MR) is 116 cm³/mol. The minimum Gasteiger partial charge on any atom is -0.481 e. The Kier molecular flexibility index (Phi) is 12.7. The minimum atomic E-state index is -1.48. The molecule has 0 aliphatic carbocycles. The number of carbonyl (C=O) groups excluding carboxylic acids is 4. The maximum Gasteiger partial charge on any atom is 0.326 e. The van der Waals surface area contributed by atoms with Crippen molar-refractivity contribution < 1.29 is 39.0 Å². The van der Waals surface area contributed by atoms with Crippen LogP contribution in [0.4, 0.5) is 0 Å². The second-order valence-corrected chi connectivity index (χ2v) is 8.21. The minimum absolute atomic E-state index is 0.199. The number of nitrogens with two attached hydrogens (primary N) is 2. The number of primary amides is 1. The van der Waals surface area contributed by atoms with Crippen molar-refractivity contribution in [1.29, 1.82) is 0 Å². The molecule has 5 unspecified atom stereocenters. The molecule has 0 saturated carbocycles. The maximum absolute atomic E-state index is 12.8. The van der Waals surface area contributed by atoms with Crippen LogP contribution in [-0.4, -0.2) is 69.9 Å². The first-order valence-electron chi connectivity index (χ1n) is 10.6. The van der Waals surface area contributed by atoms with Gasteiger partial charge in [0.1, 0.15) is 18.1 Å². The van der Waals surface area contributed by atoms with Crippen LogP contribution in [0.5, 0.6) is 0 Å². The zero-order valence-corrected chi connectivity index (χ0v) is 19.3. The van der Waals surface area contributed by atoms with Crippen LogP contribution in [0.1, 0.15) is 53.4 Å². The van der Waals surface area contributed by atoms with E-state index in [0.29, 0.717) is 6.42 Å². The van der Waals surface area contributed by atoms with Crippen LogP contribution in [-0.2, 0) is 28.8 Å². The van der Waals surface area contributed by atoms with E-state index in [0.717, 1.165) is 0 Å². The summed E-state index contributed by atoms with van der Waals surface area (Å²) in [7, 11) is 0. The van der Waals surface area contributed by atoms with Gasteiger partial charge in [0.05, 0.1) is 12.5 Å². The van der Waals surface area contributed by atoms with Crippen LogP contribution >= 0.6 is 0 Å². The van der Waals surface area contributed by atoms with Crippen molar-refractivity contribution in [1.82, 2.24) is 16.0 Å². The van der Waals surface area contributed by atoms with Crippen molar-refractivity contribution in [2.24, 2.45) is 23.3 Å². The topological polar surface area (TPSA) is 231 Å². The number of amides is 4. The summed E-state index contributed by atoms with van der Waals surface area (Å²) in [6, 6.07) is -5.06. The van der Waals surface area contributed by atoms with Gasteiger partial charge in [-0.25, -0.2) is 4.79 Å². The maximum atomic E-state index is 12.8. The summed E-state index contributed by atoms with van der Waals surface area (Å²) in [4.78, 5) is 71.3. The number of aliphatic carboxylic acids is 2. The summed E-state index contributed by atoms with van der Waals surface area (Å²) in [6.45, 7) is 6.74. The molecule has 0 spiro atoms. The number of carbonyl (C=O) groups is 6. The summed E-state index contributed by atoms with van der Waals surface area (Å²) < 4.78 is 0. The molecule has 4 amide bonds. The summed E-state index contributed by atoms with van der Waals surface area (Å²) in [5.41, 5.74) is 11.0.